The van der Waals surface area contributed by atoms with Gasteiger partial charge in [0.1, 0.15) is 0 Å². The van der Waals surface area contributed by atoms with Crippen molar-refractivity contribution in [2.24, 2.45) is 0 Å². The van der Waals surface area contributed by atoms with Crippen LogP contribution in [0.15, 0.2) is 51.9 Å². The van der Waals surface area contributed by atoms with E-state index in [9.17, 15) is 4.79 Å². The molecule has 22 heavy (non-hydrogen) atoms. The van der Waals surface area contributed by atoms with Crippen LogP contribution in [0.3, 0.4) is 0 Å². The van der Waals surface area contributed by atoms with Crippen molar-refractivity contribution in [1.82, 2.24) is 14.6 Å². The van der Waals surface area contributed by atoms with Gasteiger partial charge < -0.3 is 4.42 Å². The van der Waals surface area contributed by atoms with Crippen molar-refractivity contribution in [3.05, 3.63) is 68.7 Å². The van der Waals surface area contributed by atoms with Gasteiger partial charge in [-0.2, -0.15) is 9.50 Å². The number of nitrogens with zero attached hydrogens (tertiary/aromatic N) is 3. The van der Waals surface area contributed by atoms with Gasteiger partial charge in [0, 0.05) is 0 Å². The van der Waals surface area contributed by atoms with E-state index in [1.165, 1.54) is 21.4 Å². The highest BCUT2D eigenvalue weighted by molar-refractivity contribution is 7.15. The van der Waals surface area contributed by atoms with Gasteiger partial charge in [-0.05, 0) is 30.7 Å². The van der Waals surface area contributed by atoms with Crippen molar-refractivity contribution in [1.29, 1.82) is 0 Å². The fraction of sp³-hybridized carbons (Fsp3) is 0.0625. The van der Waals surface area contributed by atoms with Crippen molar-refractivity contribution >= 4 is 22.4 Å². The van der Waals surface area contributed by atoms with Crippen LogP contribution in [0.5, 0.6) is 0 Å². The quantitative estimate of drug-likeness (QED) is 0.570. The smallest absolute Gasteiger partial charge is 0.291 e. The predicted octanol–water partition coefficient (Wildman–Crippen LogP) is 2.27. The molecule has 5 nitrogen and oxygen atoms in total. The summed E-state index contributed by atoms with van der Waals surface area (Å²) in [6.07, 6.45) is 3.41. The van der Waals surface area contributed by atoms with E-state index in [0.717, 1.165) is 5.56 Å². The van der Waals surface area contributed by atoms with E-state index in [0.29, 0.717) is 21.1 Å². The summed E-state index contributed by atoms with van der Waals surface area (Å²) < 4.78 is 7.19. The molecule has 0 unspecified atom stereocenters. The van der Waals surface area contributed by atoms with Crippen molar-refractivity contribution < 1.29 is 4.42 Å². The van der Waals surface area contributed by atoms with Gasteiger partial charge in [-0.3, -0.25) is 4.79 Å². The van der Waals surface area contributed by atoms with Crippen molar-refractivity contribution in [3.8, 4) is 11.6 Å². The molecule has 3 heterocycles. The lowest BCUT2D eigenvalue weighted by Gasteiger charge is -1.92. The van der Waals surface area contributed by atoms with Crippen LogP contribution in [0, 0.1) is 6.92 Å². The molecule has 0 atom stereocenters. The first-order valence-corrected chi connectivity index (χ1v) is 7.54. The second kappa shape index (κ2) is 4.92. The maximum absolute atomic E-state index is 12.4. The number of thiazole rings is 1. The Hall–Kier alpha value is -2.73. The van der Waals surface area contributed by atoms with Crippen LogP contribution < -0.4 is 10.1 Å². The molecule has 0 spiro atoms. The molecule has 6 heteroatoms. The summed E-state index contributed by atoms with van der Waals surface area (Å²) in [7, 11) is 0. The molecule has 0 amide bonds. The normalized spacial score (nSPS) is 12.3. The first-order valence-electron chi connectivity index (χ1n) is 6.72. The summed E-state index contributed by atoms with van der Waals surface area (Å²) >= 11 is 1.32. The zero-order valence-electron chi connectivity index (χ0n) is 11.7. The summed E-state index contributed by atoms with van der Waals surface area (Å²) in [5.41, 5.74) is 2.01. The highest BCUT2D eigenvalue weighted by Crippen LogP contribution is 2.16. The molecular formula is C16H11N3O2S. The average Bonchev–Trinajstić information content (AvgIpc) is 3.20. The lowest BCUT2D eigenvalue weighted by molar-refractivity contribution is 0.577. The van der Waals surface area contributed by atoms with Gasteiger partial charge in [0.05, 0.1) is 10.8 Å². The zero-order chi connectivity index (χ0) is 15.1. The van der Waals surface area contributed by atoms with E-state index in [2.05, 4.69) is 10.1 Å². The largest absolute Gasteiger partial charge is 0.461 e. The molecule has 0 radical (unpaired) electrons. The molecule has 4 rings (SSSR count). The lowest BCUT2D eigenvalue weighted by Crippen LogP contribution is -2.23. The molecular weight excluding hydrogens is 298 g/mol. The number of aromatic nitrogens is 3. The number of rotatable bonds is 2. The molecule has 0 bridgehead atoms. The standard InChI is InChI=1S/C16H11N3O2S/c1-10-4-6-11(7-5-10)9-13-15(20)19-16(22-13)17-14(18-19)12-3-2-8-21-12/h2-9H,1H3/b13-9-. The molecule has 108 valence electrons. The lowest BCUT2D eigenvalue weighted by atomic mass is 10.1. The van der Waals surface area contributed by atoms with Crippen LogP contribution >= 0.6 is 11.3 Å². The second-order valence-electron chi connectivity index (χ2n) is 4.93. The van der Waals surface area contributed by atoms with E-state index < -0.39 is 0 Å². The van der Waals surface area contributed by atoms with Crippen LogP contribution in [-0.4, -0.2) is 14.6 Å². The van der Waals surface area contributed by atoms with E-state index in [4.69, 9.17) is 4.42 Å². The topological polar surface area (TPSA) is 60.4 Å². The van der Waals surface area contributed by atoms with Crippen LogP contribution in [0.4, 0.5) is 0 Å². The molecule has 3 aromatic heterocycles. The molecule has 0 saturated carbocycles. The monoisotopic (exact) mass is 309 g/mol. The van der Waals surface area contributed by atoms with Gasteiger partial charge >= 0.3 is 0 Å². The highest BCUT2D eigenvalue weighted by atomic mass is 32.1. The van der Waals surface area contributed by atoms with Gasteiger partial charge in [0.25, 0.3) is 5.56 Å². The Balaban J connectivity index is 1.84. The van der Waals surface area contributed by atoms with E-state index >= 15 is 0 Å². The number of aryl methyl sites for hydroxylation is 1. The van der Waals surface area contributed by atoms with Gasteiger partial charge in [-0.1, -0.05) is 41.2 Å². The van der Waals surface area contributed by atoms with Crippen LogP contribution in [0.2, 0.25) is 0 Å². The third-order valence-corrected chi connectivity index (χ3v) is 4.26. The van der Waals surface area contributed by atoms with Gasteiger partial charge in [0.2, 0.25) is 10.8 Å². The Morgan fingerprint density at radius 2 is 2.05 bits per heavy atom. The minimum Gasteiger partial charge on any atom is -0.461 e. The minimum absolute atomic E-state index is 0.161. The Kier molecular flexibility index (Phi) is 2.90. The first kappa shape index (κ1) is 13.0. The minimum atomic E-state index is -0.161. The number of hydrogen-bond donors (Lipinski definition) is 0. The third-order valence-electron chi connectivity index (χ3n) is 3.30. The Morgan fingerprint density at radius 1 is 1.23 bits per heavy atom. The molecule has 0 aliphatic rings. The molecule has 0 fully saturated rings. The van der Waals surface area contributed by atoms with E-state index in [1.54, 1.807) is 18.4 Å². The Bertz CT molecular complexity index is 1040. The molecule has 0 N–H and O–H groups in total. The zero-order valence-corrected chi connectivity index (χ0v) is 12.5. The summed E-state index contributed by atoms with van der Waals surface area (Å²) in [4.78, 5) is 17.3. The number of benzene rings is 1. The number of furan rings is 1. The summed E-state index contributed by atoms with van der Waals surface area (Å²) in [6, 6.07) is 11.5. The SMILES string of the molecule is Cc1ccc(/C=c2\sc3nc(-c4ccco4)nn3c2=O)cc1. The molecule has 0 aliphatic heterocycles. The van der Waals surface area contributed by atoms with Crippen LogP contribution in [-0.2, 0) is 0 Å². The summed E-state index contributed by atoms with van der Waals surface area (Å²) in [5.74, 6) is 0.981. The molecule has 0 aliphatic carbocycles. The maximum atomic E-state index is 12.4. The Morgan fingerprint density at radius 3 is 2.73 bits per heavy atom. The molecule has 0 saturated heterocycles. The number of fused-ring (bicyclic) bond motifs is 1. The van der Waals surface area contributed by atoms with Gasteiger partial charge in [-0.25, -0.2) is 0 Å². The molecule has 1 aromatic carbocycles. The highest BCUT2D eigenvalue weighted by Gasteiger charge is 2.13. The van der Waals surface area contributed by atoms with Crippen molar-refractivity contribution in [2.45, 2.75) is 6.92 Å². The van der Waals surface area contributed by atoms with E-state index in [-0.39, 0.29) is 5.56 Å². The van der Waals surface area contributed by atoms with Gasteiger partial charge in [0.15, 0.2) is 5.76 Å². The number of hydrogen-bond acceptors (Lipinski definition) is 5. The van der Waals surface area contributed by atoms with Crippen molar-refractivity contribution in [2.75, 3.05) is 0 Å². The predicted molar refractivity (Wildman–Crippen MR) is 84.8 cm³/mol. The van der Waals surface area contributed by atoms with Gasteiger partial charge in [-0.15, -0.1) is 5.10 Å². The fourth-order valence-electron chi connectivity index (χ4n) is 2.16. The Labute approximate surface area is 129 Å². The summed E-state index contributed by atoms with van der Waals surface area (Å²) in [5, 5.41) is 4.22. The second-order valence-corrected chi connectivity index (χ2v) is 5.94. The third kappa shape index (κ3) is 2.14. The molecule has 4 aromatic rings. The van der Waals surface area contributed by atoms with Crippen LogP contribution in [0.1, 0.15) is 11.1 Å². The maximum Gasteiger partial charge on any atom is 0.291 e. The van der Waals surface area contributed by atoms with Crippen LogP contribution in [0.25, 0.3) is 22.6 Å². The van der Waals surface area contributed by atoms with E-state index in [1.807, 2.05) is 37.3 Å². The first-order chi connectivity index (χ1) is 10.7. The average molecular weight is 309 g/mol. The van der Waals surface area contributed by atoms with Crippen molar-refractivity contribution in [3.63, 3.8) is 0 Å². The fourth-order valence-corrected chi connectivity index (χ4v) is 3.07. The summed E-state index contributed by atoms with van der Waals surface area (Å²) in [6.45, 7) is 2.03.